The zero-order valence-electron chi connectivity index (χ0n) is 12.3. The first-order valence-corrected chi connectivity index (χ1v) is 6.76. The molecule has 3 nitrogen and oxygen atoms in total. The smallest absolute Gasteiger partial charge is 0.123 e. The molecule has 0 unspecified atom stereocenters. The third kappa shape index (κ3) is 4.80. The van der Waals surface area contributed by atoms with E-state index in [1.807, 2.05) is 0 Å². The van der Waals surface area contributed by atoms with E-state index in [1.165, 1.54) is 6.07 Å². The fourth-order valence-corrected chi connectivity index (χ4v) is 2.06. The number of ether oxygens (including phenoxy) is 1. The minimum Gasteiger partial charge on any atom is -0.496 e. The Kier molecular flexibility index (Phi) is 6.25. The molecule has 1 rings (SSSR count). The van der Waals surface area contributed by atoms with Gasteiger partial charge in [0.15, 0.2) is 0 Å². The van der Waals surface area contributed by atoms with Crippen molar-refractivity contribution in [3.63, 3.8) is 0 Å². The number of hydrogen-bond donors (Lipinski definition) is 2. The van der Waals surface area contributed by atoms with Gasteiger partial charge in [-0.15, -0.1) is 0 Å². The van der Waals surface area contributed by atoms with Crippen LogP contribution in [0.2, 0.25) is 0 Å². The van der Waals surface area contributed by atoms with Crippen LogP contribution in [0.15, 0.2) is 18.2 Å². The molecule has 4 heteroatoms. The van der Waals surface area contributed by atoms with Crippen LogP contribution in [-0.2, 0) is 5.41 Å². The molecular formula is C15H25FN2O. The fraction of sp³-hybridized carbons (Fsp3) is 0.600. The van der Waals surface area contributed by atoms with Crippen LogP contribution in [0, 0.1) is 5.82 Å². The molecule has 108 valence electrons. The fourth-order valence-electron chi connectivity index (χ4n) is 2.06. The van der Waals surface area contributed by atoms with Gasteiger partial charge in [-0.05, 0) is 24.7 Å². The third-order valence-corrected chi connectivity index (χ3v) is 3.19. The van der Waals surface area contributed by atoms with Gasteiger partial charge in [-0.25, -0.2) is 4.39 Å². The lowest BCUT2D eigenvalue weighted by atomic mass is 9.84. The van der Waals surface area contributed by atoms with Gasteiger partial charge < -0.3 is 15.4 Å². The van der Waals surface area contributed by atoms with Gasteiger partial charge in [0.25, 0.3) is 0 Å². The SMILES string of the molecule is CCNCCNCC(C)(C)c1cc(F)ccc1OC. The van der Waals surface area contributed by atoms with Crippen molar-refractivity contribution in [2.75, 3.05) is 33.3 Å². The minimum absolute atomic E-state index is 0.181. The highest BCUT2D eigenvalue weighted by atomic mass is 19.1. The van der Waals surface area contributed by atoms with Crippen LogP contribution < -0.4 is 15.4 Å². The van der Waals surface area contributed by atoms with Gasteiger partial charge in [0.05, 0.1) is 7.11 Å². The average Bonchev–Trinajstić information content (AvgIpc) is 2.38. The maximum Gasteiger partial charge on any atom is 0.123 e. The van der Waals surface area contributed by atoms with Crippen LogP contribution in [0.25, 0.3) is 0 Å². The number of methoxy groups -OCH3 is 1. The molecule has 0 radical (unpaired) electrons. The molecule has 0 aliphatic carbocycles. The normalized spacial score (nSPS) is 11.6. The molecule has 1 aromatic carbocycles. The van der Waals surface area contributed by atoms with Crippen molar-refractivity contribution in [2.45, 2.75) is 26.2 Å². The van der Waals surface area contributed by atoms with E-state index in [2.05, 4.69) is 31.4 Å². The van der Waals surface area contributed by atoms with Gasteiger partial charge in [0.1, 0.15) is 11.6 Å². The number of hydrogen-bond acceptors (Lipinski definition) is 3. The molecule has 0 fully saturated rings. The maximum atomic E-state index is 13.4. The van der Waals surface area contributed by atoms with Crippen molar-refractivity contribution < 1.29 is 9.13 Å². The van der Waals surface area contributed by atoms with E-state index >= 15 is 0 Å². The number of benzene rings is 1. The Bertz CT molecular complexity index is 394. The van der Waals surface area contributed by atoms with Gasteiger partial charge in [0.2, 0.25) is 0 Å². The summed E-state index contributed by atoms with van der Waals surface area (Å²) in [5.41, 5.74) is 0.714. The number of halogens is 1. The van der Waals surface area contributed by atoms with Crippen molar-refractivity contribution in [1.29, 1.82) is 0 Å². The van der Waals surface area contributed by atoms with Crippen LogP contribution in [0.3, 0.4) is 0 Å². The lowest BCUT2D eigenvalue weighted by molar-refractivity contribution is 0.383. The maximum absolute atomic E-state index is 13.4. The van der Waals surface area contributed by atoms with Crippen LogP contribution >= 0.6 is 0 Å². The molecular weight excluding hydrogens is 243 g/mol. The predicted molar refractivity (Wildman–Crippen MR) is 77.4 cm³/mol. The molecule has 0 saturated heterocycles. The van der Waals surface area contributed by atoms with Crippen molar-refractivity contribution in [3.05, 3.63) is 29.6 Å². The van der Waals surface area contributed by atoms with Crippen molar-refractivity contribution in [1.82, 2.24) is 10.6 Å². The molecule has 1 aromatic rings. The van der Waals surface area contributed by atoms with Gasteiger partial charge in [-0.2, -0.15) is 0 Å². The number of nitrogens with one attached hydrogen (secondary N) is 2. The third-order valence-electron chi connectivity index (χ3n) is 3.19. The molecule has 0 saturated carbocycles. The van der Waals surface area contributed by atoms with Crippen molar-refractivity contribution in [3.8, 4) is 5.75 Å². The summed E-state index contributed by atoms with van der Waals surface area (Å²) >= 11 is 0. The molecule has 0 atom stereocenters. The highest BCUT2D eigenvalue weighted by Gasteiger charge is 2.24. The van der Waals surface area contributed by atoms with Gasteiger partial charge in [-0.3, -0.25) is 0 Å². The first kappa shape index (κ1) is 15.9. The second-order valence-electron chi connectivity index (χ2n) is 5.26. The molecule has 0 amide bonds. The largest absolute Gasteiger partial charge is 0.496 e. The summed E-state index contributed by atoms with van der Waals surface area (Å²) in [4.78, 5) is 0. The highest BCUT2D eigenvalue weighted by molar-refractivity contribution is 5.39. The van der Waals surface area contributed by atoms with E-state index in [4.69, 9.17) is 4.74 Å². The second kappa shape index (κ2) is 7.46. The van der Waals surface area contributed by atoms with E-state index in [0.29, 0.717) is 0 Å². The summed E-state index contributed by atoms with van der Waals surface area (Å²) in [5, 5.41) is 6.65. The Balaban J connectivity index is 2.67. The summed E-state index contributed by atoms with van der Waals surface area (Å²) in [6, 6.07) is 4.67. The summed E-state index contributed by atoms with van der Waals surface area (Å²) < 4.78 is 18.7. The second-order valence-corrected chi connectivity index (χ2v) is 5.26. The van der Waals surface area contributed by atoms with Crippen molar-refractivity contribution >= 4 is 0 Å². The van der Waals surface area contributed by atoms with Crippen LogP contribution in [0.1, 0.15) is 26.3 Å². The summed E-state index contributed by atoms with van der Waals surface area (Å²) in [6.45, 7) is 9.85. The molecule has 0 aliphatic rings. The van der Waals surface area contributed by atoms with Gasteiger partial charge in [0, 0.05) is 30.6 Å². The Hall–Kier alpha value is -1.13. The predicted octanol–water partition coefficient (Wildman–Crippen LogP) is 2.31. The highest BCUT2D eigenvalue weighted by Crippen LogP contribution is 2.31. The molecule has 2 N–H and O–H groups in total. The number of likely N-dealkylation sites (N-methyl/N-ethyl adjacent to an activating group) is 1. The van der Waals surface area contributed by atoms with Gasteiger partial charge in [-0.1, -0.05) is 20.8 Å². The first-order valence-electron chi connectivity index (χ1n) is 6.76. The van der Waals surface area contributed by atoms with E-state index in [0.717, 1.165) is 37.5 Å². The monoisotopic (exact) mass is 268 g/mol. The molecule has 19 heavy (non-hydrogen) atoms. The average molecular weight is 268 g/mol. The van der Waals surface area contributed by atoms with Crippen LogP contribution in [-0.4, -0.2) is 33.3 Å². The quantitative estimate of drug-likeness (QED) is 0.710. The van der Waals surface area contributed by atoms with E-state index < -0.39 is 0 Å². The molecule has 0 bridgehead atoms. The lowest BCUT2D eigenvalue weighted by Crippen LogP contribution is -2.37. The van der Waals surface area contributed by atoms with Gasteiger partial charge >= 0.3 is 0 Å². The Morgan fingerprint density at radius 2 is 1.89 bits per heavy atom. The van der Waals surface area contributed by atoms with Crippen molar-refractivity contribution in [2.24, 2.45) is 0 Å². The Labute approximate surface area is 115 Å². The standard InChI is InChI=1S/C15H25FN2O/c1-5-17-8-9-18-11-15(2,3)13-10-12(16)6-7-14(13)19-4/h6-7,10,17-18H,5,8-9,11H2,1-4H3. The van der Waals surface area contributed by atoms with E-state index in [9.17, 15) is 4.39 Å². The Morgan fingerprint density at radius 1 is 1.21 bits per heavy atom. The lowest BCUT2D eigenvalue weighted by Gasteiger charge is -2.27. The number of rotatable bonds is 8. The molecule has 0 aromatic heterocycles. The summed E-state index contributed by atoms with van der Waals surface area (Å²) in [5.74, 6) is 0.511. The summed E-state index contributed by atoms with van der Waals surface area (Å²) in [6.07, 6.45) is 0. The zero-order chi connectivity index (χ0) is 14.3. The molecule has 0 spiro atoms. The minimum atomic E-state index is -0.225. The molecule has 0 heterocycles. The molecule has 0 aliphatic heterocycles. The van der Waals surface area contributed by atoms with E-state index in [1.54, 1.807) is 19.2 Å². The Morgan fingerprint density at radius 3 is 2.53 bits per heavy atom. The van der Waals surface area contributed by atoms with Crippen LogP contribution in [0.4, 0.5) is 4.39 Å². The van der Waals surface area contributed by atoms with E-state index in [-0.39, 0.29) is 11.2 Å². The summed E-state index contributed by atoms with van der Waals surface area (Å²) in [7, 11) is 1.62. The first-order chi connectivity index (χ1) is 9.01. The zero-order valence-corrected chi connectivity index (χ0v) is 12.3. The topological polar surface area (TPSA) is 33.3 Å². The van der Waals surface area contributed by atoms with Crippen LogP contribution in [0.5, 0.6) is 5.75 Å².